The molecular formula is C17H16N2O3S. The van der Waals surface area contributed by atoms with Gasteiger partial charge in [0.05, 0.1) is 23.0 Å². The summed E-state index contributed by atoms with van der Waals surface area (Å²) >= 11 is 1.61. The zero-order valence-electron chi connectivity index (χ0n) is 12.8. The van der Waals surface area contributed by atoms with E-state index in [-0.39, 0.29) is 5.91 Å². The van der Waals surface area contributed by atoms with Gasteiger partial charge in [-0.1, -0.05) is 12.1 Å². The lowest BCUT2D eigenvalue weighted by Gasteiger charge is -2.11. The summed E-state index contributed by atoms with van der Waals surface area (Å²) in [4.78, 5) is 15.7. The molecule has 3 aromatic rings. The highest BCUT2D eigenvalue weighted by atomic mass is 32.1. The number of hydrogen-bond donors (Lipinski definition) is 1. The maximum absolute atomic E-state index is 11.2. The van der Waals surface area contributed by atoms with E-state index >= 15 is 0 Å². The number of amides is 1. The molecule has 1 N–H and O–H groups in total. The number of carbonyl (C=O) groups is 1. The van der Waals surface area contributed by atoms with Crippen molar-refractivity contribution in [3.63, 3.8) is 0 Å². The third-order valence-electron chi connectivity index (χ3n) is 3.18. The summed E-state index contributed by atoms with van der Waals surface area (Å²) in [6.07, 6.45) is 0. The second kappa shape index (κ2) is 6.66. The largest absolute Gasteiger partial charge is 0.494 e. The molecule has 2 aromatic carbocycles. The third kappa shape index (κ3) is 3.60. The lowest BCUT2D eigenvalue weighted by molar-refractivity contribution is -0.114. The van der Waals surface area contributed by atoms with Gasteiger partial charge in [-0.15, -0.1) is 11.3 Å². The van der Waals surface area contributed by atoms with Crippen LogP contribution in [0.2, 0.25) is 0 Å². The van der Waals surface area contributed by atoms with Gasteiger partial charge in [0.2, 0.25) is 5.91 Å². The van der Waals surface area contributed by atoms with Crippen LogP contribution in [-0.2, 0) is 11.4 Å². The highest BCUT2D eigenvalue weighted by Crippen LogP contribution is 2.30. The lowest BCUT2D eigenvalue weighted by Crippen LogP contribution is -2.07. The average Bonchev–Trinajstić information content (AvgIpc) is 2.96. The number of hydrogen-bond acceptors (Lipinski definition) is 5. The number of nitrogens with one attached hydrogen (secondary N) is 1. The van der Waals surface area contributed by atoms with Crippen molar-refractivity contribution >= 4 is 33.1 Å². The van der Waals surface area contributed by atoms with Gasteiger partial charge in [0, 0.05) is 13.0 Å². The van der Waals surface area contributed by atoms with E-state index in [1.54, 1.807) is 36.6 Å². The molecule has 3 rings (SSSR count). The Bertz CT molecular complexity index is 812. The molecule has 23 heavy (non-hydrogen) atoms. The Morgan fingerprint density at radius 2 is 2.09 bits per heavy atom. The van der Waals surface area contributed by atoms with E-state index in [2.05, 4.69) is 10.3 Å². The Morgan fingerprint density at radius 3 is 2.83 bits per heavy atom. The molecule has 0 unspecified atom stereocenters. The second-order valence-electron chi connectivity index (χ2n) is 4.91. The number of aromatic nitrogens is 1. The number of ether oxygens (including phenoxy) is 2. The Labute approximate surface area is 137 Å². The first-order chi connectivity index (χ1) is 11.2. The number of benzene rings is 2. The summed E-state index contributed by atoms with van der Waals surface area (Å²) in [5, 5.41) is 3.63. The summed E-state index contributed by atoms with van der Waals surface area (Å²) in [7, 11) is 1.55. The van der Waals surface area contributed by atoms with Gasteiger partial charge in [0.1, 0.15) is 23.1 Å². The van der Waals surface area contributed by atoms with Crippen molar-refractivity contribution in [2.24, 2.45) is 0 Å². The molecule has 0 spiro atoms. The van der Waals surface area contributed by atoms with Crippen LogP contribution in [0.15, 0.2) is 42.5 Å². The van der Waals surface area contributed by atoms with Crippen molar-refractivity contribution < 1.29 is 14.3 Å². The van der Waals surface area contributed by atoms with Crippen LogP contribution in [0, 0.1) is 0 Å². The Balaban J connectivity index is 1.73. The standard InChI is InChI=1S/C17H16N2O3S/c1-11(20)18-13-8-7-12(9-15(13)21-2)22-10-17-19-14-5-3-4-6-16(14)23-17/h3-9H,10H2,1-2H3,(H,18,20). The lowest BCUT2D eigenvalue weighted by atomic mass is 10.2. The number of thiazole rings is 1. The summed E-state index contributed by atoms with van der Waals surface area (Å²) in [6.45, 7) is 1.85. The quantitative estimate of drug-likeness (QED) is 0.773. The molecule has 1 aromatic heterocycles. The molecule has 0 atom stereocenters. The van der Waals surface area contributed by atoms with Crippen LogP contribution < -0.4 is 14.8 Å². The number of nitrogens with zero attached hydrogens (tertiary/aromatic N) is 1. The Hall–Kier alpha value is -2.60. The second-order valence-corrected chi connectivity index (χ2v) is 6.02. The first-order valence-electron chi connectivity index (χ1n) is 7.08. The predicted molar refractivity (Wildman–Crippen MR) is 91.2 cm³/mol. The molecule has 118 valence electrons. The molecule has 0 aliphatic rings. The van der Waals surface area contributed by atoms with Gasteiger partial charge in [0.15, 0.2) is 0 Å². The predicted octanol–water partition coefficient (Wildman–Crippen LogP) is 3.84. The molecule has 0 fully saturated rings. The fraction of sp³-hybridized carbons (Fsp3) is 0.176. The van der Waals surface area contributed by atoms with Crippen LogP contribution in [0.1, 0.15) is 11.9 Å². The van der Waals surface area contributed by atoms with Gasteiger partial charge in [-0.05, 0) is 24.3 Å². The van der Waals surface area contributed by atoms with E-state index < -0.39 is 0 Å². The SMILES string of the molecule is COc1cc(OCc2nc3ccccc3s2)ccc1NC(C)=O. The maximum Gasteiger partial charge on any atom is 0.221 e. The minimum Gasteiger partial charge on any atom is -0.494 e. The monoisotopic (exact) mass is 328 g/mol. The number of rotatable bonds is 5. The average molecular weight is 328 g/mol. The molecular weight excluding hydrogens is 312 g/mol. The van der Waals surface area contributed by atoms with E-state index in [0.29, 0.717) is 23.8 Å². The van der Waals surface area contributed by atoms with Crippen LogP contribution in [-0.4, -0.2) is 18.0 Å². The minimum absolute atomic E-state index is 0.147. The summed E-state index contributed by atoms with van der Waals surface area (Å²) in [5.41, 5.74) is 1.60. The normalized spacial score (nSPS) is 10.5. The molecule has 0 aliphatic carbocycles. The first kappa shape index (κ1) is 15.3. The molecule has 0 saturated carbocycles. The van der Waals surface area contributed by atoms with E-state index in [1.165, 1.54) is 6.92 Å². The number of methoxy groups -OCH3 is 1. The van der Waals surface area contributed by atoms with Gasteiger partial charge < -0.3 is 14.8 Å². The molecule has 0 bridgehead atoms. The van der Waals surface area contributed by atoms with Gasteiger partial charge in [0.25, 0.3) is 0 Å². The van der Waals surface area contributed by atoms with Crippen molar-refractivity contribution in [3.8, 4) is 11.5 Å². The van der Waals surface area contributed by atoms with E-state index in [0.717, 1.165) is 15.2 Å². The molecule has 1 heterocycles. The van der Waals surface area contributed by atoms with Gasteiger partial charge in [-0.25, -0.2) is 4.98 Å². The topological polar surface area (TPSA) is 60.5 Å². The van der Waals surface area contributed by atoms with E-state index in [9.17, 15) is 4.79 Å². The van der Waals surface area contributed by atoms with E-state index in [4.69, 9.17) is 9.47 Å². The van der Waals surface area contributed by atoms with Crippen LogP contribution in [0.4, 0.5) is 5.69 Å². The van der Waals surface area contributed by atoms with Crippen LogP contribution >= 0.6 is 11.3 Å². The number of fused-ring (bicyclic) bond motifs is 1. The fourth-order valence-corrected chi connectivity index (χ4v) is 3.06. The van der Waals surface area contributed by atoms with Gasteiger partial charge in [-0.2, -0.15) is 0 Å². The van der Waals surface area contributed by atoms with Crippen LogP contribution in [0.5, 0.6) is 11.5 Å². The van der Waals surface area contributed by atoms with Crippen LogP contribution in [0.3, 0.4) is 0 Å². The zero-order valence-corrected chi connectivity index (χ0v) is 13.6. The molecule has 6 heteroatoms. The first-order valence-corrected chi connectivity index (χ1v) is 7.90. The summed E-state index contributed by atoms with van der Waals surface area (Å²) < 4.78 is 12.2. The molecule has 1 amide bonds. The molecule has 0 aliphatic heterocycles. The minimum atomic E-state index is -0.147. The van der Waals surface area contributed by atoms with E-state index in [1.807, 2.05) is 24.3 Å². The summed E-state index contributed by atoms with van der Waals surface area (Å²) in [5.74, 6) is 1.07. The molecule has 5 nitrogen and oxygen atoms in total. The number of carbonyl (C=O) groups excluding carboxylic acids is 1. The van der Waals surface area contributed by atoms with Gasteiger partial charge >= 0.3 is 0 Å². The Morgan fingerprint density at radius 1 is 1.26 bits per heavy atom. The van der Waals surface area contributed by atoms with Crippen molar-refractivity contribution in [3.05, 3.63) is 47.5 Å². The highest BCUT2D eigenvalue weighted by Gasteiger charge is 2.08. The highest BCUT2D eigenvalue weighted by molar-refractivity contribution is 7.18. The van der Waals surface area contributed by atoms with Crippen molar-refractivity contribution in [1.82, 2.24) is 4.98 Å². The van der Waals surface area contributed by atoms with Crippen molar-refractivity contribution in [2.45, 2.75) is 13.5 Å². The smallest absolute Gasteiger partial charge is 0.221 e. The number of anilines is 1. The van der Waals surface area contributed by atoms with Crippen LogP contribution in [0.25, 0.3) is 10.2 Å². The maximum atomic E-state index is 11.2. The third-order valence-corrected chi connectivity index (χ3v) is 4.19. The molecule has 0 saturated heterocycles. The van der Waals surface area contributed by atoms with Crippen molar-refractivity contribution in [1.29, 1.82) is 0 Å². The fourth-order valence-electron chi connectivity index (χ4n) is 2.18. The summed E-state index contributed by atoms with van der Waals surface area (Å²) in [6, 6.07) is 13.3. The molecule has 0 radical (unpaired) electrons. The number of para-hydroxylation sites is 1. The van der Waals surface area contributed by atoms with Crippen molar-refractivity contribution in [2.75, 3.05) is 12.4 Å². The van der Waals surface area contributed by atoms with Gasteiger partial charge in [-0.3, -0.25) is 4.79 Å². The Kier molecular flexibility index (Phi) is 4.43. The zero-order chi connectivity index (χ0) is 16.2.